The highest BCUT2D eigenvalue weighted by atomic mass is 32.1. The number of hydrogen-bond acceptors (Lipinski definition) is 5. The van der Waals surface area contributed by atoms with Crippen LogP contribution in [0.3, 0.4) is 0 Å². The van der Waals surface area contributed by atoms with Gasteiger partial charge in [-0.25, -0.2) is 4.39 Å². The van der Waals surface area contributed by atoms with Crippen molar-refractivity contribution in [3.63, 3.8) is 0 Å². The number of Topliss-reactive ketones (excluding diaryl/α,β-unsaturated/α-hetero) is 1. The number of fused-ring (bicyclic) bond motifs is 1. The van der Waals surface area contributed by atoms with E-state index in [1.165, 1.54) is 15.9 Å². The Hall–Kier alpha value is -2.55. The third kappa shape index (κ3) is 5.00. The lowest BCUT2D eigenvalue weighted by Crippen LogP contribution is -2.47. The van der Waals surface area contributed by atoms with Crippen molar-refractivity contribution in [1.29, 1.82) is 0 Å². The normalized spacial score (nSPS) is 13.5. The molecule has 0 saturated carbocycles. The van der Waals surface area contributed by atoms with E-state index in [0.717, 1.165) is 10.2 Å². The van der Waals surface area contributed by atoms with Crippen LogP contribution < -0.4 is 5.32 Å². The fraction of sp³-hybridized carbons (Fsp3) is 0.444. The zero-order valence-corrected chi connectivity index (χ0v) is 15.8. The Balaban J connectivity index is 2.14. The van der Waals surface area contributed by atoms with Gasteiger partial charge in [-0.3, -0.25) is 23.7 Å². The summed E-state index contributed by atoms with van der Waals surface area (Å²) in [4.78, 5) is 47.7. The van der Waals surface area contributed by atoms with E-state index in [9.17, 15) is 23.6 Å². The molecule has 0 saturated heterocycles. The van der Waals surface area contributed by atoms with Crippen LogP contribution in [0.15, 0.2) is 23.7 Å². The van der Waals surface area contributed by atoms with Gasteiger partial charge < -0.3 is 10.4 Å². The summed E-state index contributed by atoms with van der Waals surface area (Å²) in [6, 6.07) is 2.17. The summed E-state index contributed by atoms with van der Waals surface area (Å²) in [5, 5.41) is 13.0. The lowest BCUT2D eigenvalue weighted by molar-refractivity contribution is -0.140. The van der Waals surface area contributed by atoms with E-state index in [0.29, 0.717) is 0 Å². The predicted molar refractivity (Wildman–Crippen MR) is 98.6 cm³/mol. The maximum Gasteiger partial charge on any atom is 0.305 e. The Bertz CT molecular complexity index is 857. The summed E-state index contributed by atoms with van der Waals surface area (Å²) in [6.45, 7) is 2.12. The maximum atomic E-state index is 12.7. The first-order valence-corrected chi connectivity index (χ1v) is 9.31. The molecule has 0 fully saturated rings. The van der Waals surface area contributed by atoms with Crippen LogP contribution in [0.5, 0.6) is 0 Å². The Morgan fingerprint density at radius 3 is 2.52 bits per heavy atom. The highest BCUT2D eigenvalue weighted by molar-refractivity contribution is 7.17. The Morgan fingerprint density at radius 2 is 1.93 bits per heavy atom. The molecule has 0 aliphatic carbocycles. The highest BCUT2D eigenvalue weighted by Gasteiger charge is 2.30. The monoisotopic (exact) mass is 396 g/mol. The van der Waals surface area contributed by atoms with Crippen molar-refractivity contribution in [1.82, 2.24) is 9.88 Å². The lowest BCUT2D eigenvalue weighted by atomic mass is 9.90. The molecular formula is C18H21FN2O5S. The number of carboxylic acids is 1. The molecule has 2 rings (SSSR count). The lowest BCUT2D eigenvalue weighted by Gasteiger charge is -2.23. The van der Waals surface area contributed by atoms with Gasteiger partial charge in [0, 0.05) is 18.5 Å². The van der Waals surface area contributed by atoms with Gasteiger partial charge in [0.05, 0.1) is 16.6 Å². The first-order chi connectivity index (χ1) is 12.7. The molecule has 146 valence electrons. The molecule has 0 aliphatic rings. The van der Waals surface area contributed by atoms with Crippen molar-refractivity contribution < 1.29 is 28.7 Å². The molecular weight excluding hydrogens is 375 g/mol. The Labute approximate surface area is 159 Å². The predicted octanol–water partition coefficient (Wildman–Crippen LogP) is 2.50. The van der Waals surface area contributed by atoms with E-state index in [-0.39, 0.29) is 18.2 Å². The van der Waals surface area contributed by atoms with Crippen molar-refractivity contribution in [3.8, 4) is 0 Å². The molecule has 0 radical (unpaired) electrons. The average molecular weight is 396 g/mol. The van der Waals surface area contributed by atoms with Crippen LogP contribution in [-0.4, -0.2) is 46.0 Å². The van der Waals surface area contributed by atoms with Crippen molar-refractivity contribution in [2.45, 2.75) is 32.7 Å². The SMILES string of the molecule is CC(C)[C@H](CC(=O)n1ccc2sccc21)C(=O)NC(CC(=O)O)C(=O)CF. The van der Waals surface area contributed by atoms with E-state index in [4.69, 9.17) is 5.11 Å². The summed E-state index contributed by atoms with van der Waals surface area (Å²) in [5.74, 6) is -4.29. The van der Waals surface area contributed by atoms with Crippen molar-refractivity contribution in [3.05, 3.63) is 23.7 Å². The molecule has 2 N–H and O–H groups in total. The van der Waals surface area contributed by atoms with Crippen LogP contribution >= 0.6 is 11.3 Å². The summed E-state index contributed by atoms with van der Waals surface area (Å²) >= 11 is 1.50. The zero-order chi connectivity index (χ0) is 20.1. The number of nitrogens with zero attached hydrogens (tertiary/aromatic N) is 1. The topological polar surface area (TPSA) is 105 Å². The van der Waals surface area contributed by atoms with Crippen LogP contribution in [0.2, 0.25) is 0 Å². The van der Waals surface area contributed by atoms with E-state index >= 15 is 0 Å². The molecule has 0 bridgehead atoms. The number of hydrogen-bond donors (Lipinski definition) is 2. The Kier molecular flexibility index (Phi) is 6.84. The largest absolute Gasteiger partial charge is 0.481 e. The summed E-state index contributed by atoms with van der Waals surface area (Å²) in [6.07, 6.45) is 0.811. The minimum Gasteiger partial charge on any atom is -0.481 e. The molecule has 2 aromatic heterocycles. The van der Waals surface area contributed by atoms with Gasteiger partial charge in [-0.05, 0) is 23.4 Å². The molecule has 27 heavy (non-hydrogen) atoms. The molecule has 2 heterocycles. The second kappa shape index (κ2) is 8.90. The minimum absolute atomic E-state index is 0.118. The van der Waals surface area contributed by atoms with Gasteiger partial charge in [0.25, 0.3) is 0 Å². The molecule has 1 unspecified atom stereocenters. The second-order valence-corrected chi connectivity index (χ2v) is 7.51. The van der Waals surface area contributed by atoms with Gasteiger partial charge in [0.2, 0.25) is 11.8 Å². The minimum atomic E-state index is -1.45. The quantitative estimate of drug-likeness (QED) is 0.677. The van der Waals surface area contributed by atoms with Gasteiger partial charge >= 0.3 is 5.97 Å². The number of alkyl halides is 1. The molecule has 1 amide bonds. The molecule has 0 aliphatic heterocycles. The number of amides is 1. The van der Waals surface area contributed by atoms with Crippen molar-refractivity contribution in [2.24, 2.45) is 11.8 Å². The third-order valence-electron chi connectivity index (χ3n) is 4.33. The number of carbonyl (C=O) groups excluding carboxylic acids is 3. The Morgan fingerprint density at radius 1 is 1.22 bits per heavy atom. The van der Waals surface area contributed by atoms with Crippen molar-refractivity contribution in [2.75, 3.05) is 6.67 Å². The van der Waals surface area contributed by atoms with Gasteiger partial charge in [-0.1, -0.05) is 13.8 Å². The first-order valence-electron chi connectivity index (χ1n) is 8.43. The maximum absolute atomic E-state index is 12.7. The zero-order valence-electron chi connectivity index (χ0n) is 15.0. The van der Waals surface area contributed by atoms with Crippen LogP contribution in [0, 0.1) is 11.8 Å². The van der Waals surface area contributed by atoms with Crippen LogP contribution in [0.25, 0.3) is 10.2 Å². The number of aliphatic carboxylic acids is 1. The number of thiophene rings is 1. The van der Waals surface area contributed by atoms with E-state index < -0.39 is 42.7 Å². The summed E-state index contributed by atoms with van der Waals surface area (Å²) in [7, 11) is 0. The molecule has 2 atom stereocenters. The second-order valence-electron chi connectivity index (χ2n) is 6.56. The average Bonchev–Trinajstić information content (AvgIpc) is 3.20. The van der Waals surface area contributed by atoms with E-state index in [2.05, 4.69) is 5.32 Å². The van der Waals surface area contributed by atoms with Gasteiger partial charge in [-0.2, -0.15) is 0 Å². The smallest absolute Gasteiger partial charge is 0.305 e. The fourth-order valence-electron chi connectivity index (χ4n) is 2.79. The summed E-state index contributed by atoms with van der Waals surface area (Å²) < 4.78 is 15.1. The van der Waals surface area contributed by atoms with E-state index in [1.54, 1.807) is 20.0 Å². The highest BCUT2D eigenvalue weighted by Crippen LogP contribution is 2.24. The fourth-order valence-corrected chi connectivity index (χ4v) is 3.56. The standard InChI is InChI=1S/C18H21FN2O5S/c1-10(2)11(18(26)20-12(8-17(24)25)14(22)9-19)7-16(23)21-5-3-15-13(21)4-6-27-15/h3-6,10-12H,7-9H2,1-2H3,(H,20,26)(H,24,25)/t11-,12?/m0/s1. The first kappa shape index (κ1) is 20.8. The number of aromatic nitrogens is 1. The number of ketones is 1. The van der Waals surface area contributed by atoms with Gasteiger partial charge in [-0.15, -0.1) is 11.3 Å². The number of nitrogens with one attached hydrogen (secondary N) is 1. The van der Waals surface area contributed by atoms with Gasteiger partial charge in [0.1, 0.15) is 12.7 Å². The molecule has 0 aromatic carbocycles. The van der Waals surface area contributed by atoms with E-state index in [1.807, 2.05) is 17.5 Å². The summed E-state index contributed by atoms with van der Waals surface area (Å²) in [5.41, 5.74) is 0.754. The molecule has 2 aromatic rings. The number of carboxylic acid groups (broad SMARTS) is 1. The third-order valence-corrected chi connectivity index (χ3v) is 5.20. The molecule has 7 nitrogen and oxygen atoms in total. The van der Waals surface area contributed by atoms with Gasteiger partial charge in [0.15, 0.2) is 5.78 Å². The number of halogens is 1. The van der Waals surface area contributed by atoms with Crippen molar-refractivity contribution >= 4 is 45.1 Å². The number of rotatable bonds is 9. The van der Waals surface area contributed by atoms with Crippen LogP contribution in [-0.2, 0) is 14.4 Å². The van der Waals surface area contributed by atoms with Crippen LogP contribution in [0.4, 0.5) is 4.39 Å². The number of carbonyl (C=O) groups is 4. The molecule has 0 spiro atoms. The molecule has 9 heteroatoms. The van der Waals surface area contributed by atoms with Crippen LogP contribution in [0.1, 0.15) is 31.5 Å².